The van der Waals surface area contributed by atoms with E-state index >= 15 is 0 Å². The Morgan fingerprint density at radius 2 is 1.59 bits per heavy atom. The summed E-state index contributed by atoms with van der Waals surface area (Å²) in [6, 6.07) is 21.9. The monoisotopic (exact) mass is 607 g/mol. The lowest BCUT2D eigenvalue weighted by Crippen LogP contribution is -2.56. The van der Waals surface area contributed by atoms with Gasteiger partial charge in [-0.3, -0.25) is 19.7 Å². The normalized spacial score (nSPS) is 21.2. The third kappa shape index (κ3) is 4.68. The van der Waals surface area contributed by atoms with Crippen LogP contribution in [0.4, 0.5) is 11.4 Å². The summed E-state index contributed by atoms with van der Waals surface area (Å²) in [6.45, 7) is 0. The van der Waals surface area contributed by atoms with E-state index in [9.17, 15) is 19.7 Å². The van der Waals surface area contributed by atoms with Crippen LogP contribution in [0.15, 0.2) is 84.9 Å². The zero-order chi connectivity index (χ0) is 28.9. The lowest BCUT2D eigenvalue weighted by Gasteiger charge is -2.46. The van der Waals surface area contributed by atoms with Crippen molar-refractivity contribution in [1.82, 2.24) is 5.32 Å². The molecule has 0 aromatic heterocycles. The van der Waals surface area contributed by atoms with Gasteiger partial charge in [-0.2, -0.15) is 0 Å². The highest BCUT2D eigenvalue weighted by molar-refractivity contribution is 6.31. The smallest absolute Gasteiger partial charge is 0.269 e. The molecule has 11 heteroatoms. The van der Waals surface area contributed by atoms with E-state index in [4.69, 9.17) is 39.5 Å². The standard InChI is InChI=1S/C30H20Cl3N3O5/c31-17-3-1-2-16(12-17)24-15-27(37)35-28(30(24)23-10-4-19(33)14-25(23)34-29(30)38)22-13-18(32)5-11-26(22)41-21-8-6-20(7-9-21)36(39)40/h1-14,24,28H,15H2,(H,34,38)(H,35,37)/t24-,28+,30?/m0/s1. The van der Waals surface area contributed by atoms with Gasteiger partial charge in [0.1, 0.15) is 16.9 Å². The van der Waals surface area contributed by atoms with E-state index in [1.807, 2.05) is 6.07 Å². The van der Waals surface area contributed by atoms with Crippen molar-refractivity contribution in [1.29, 1.82) is 0 Å². The Morgan fingerprint density at radius 1 is 0.878 bits per heavy atom. The Balaban J connectivity index is 1.56. The molecule has 1 saturated heterocycles. The number of benzene rings is 4. The second-order valence-corrected chi connectivity index (χ2v) is 11.2. The molecule has 0 saturated carbocycles. The third-order valence-electron chi connectivity index (χ3n) is 7.56. The number of piperidine rings is 1. The van der Waals surface area contributed by atoms with Gasteiger partial charge >= 0.3 is 0 Å². The summed E-state index contributed by atoms with van der Waals surface area (Å²) in [5.41, 5.74) is 0.939. The molecular formula is C30H20Cl3N3O5. The van der Waals surface area contributed by atoms with Crippen molar-refractivity contribution in [3.63, 3.8) is 0 Å². The molecule has 2 aliphatic rings. The van der Waals surface area contributed by atoms with Crippen molar-refractivity contribution in [2.75, 3.05) is 5.32 Å². The minimum atomic E-state index is -1.34. The number of amides is 2. The molecule has 1 spiro atoms. The van der Waals surface area contributed by atoms with Gasteiger partial charge < -0.3 is 15.4 Å². The average molecular weight is 609 g/mol. The first-order chi connectivity index (χ1) is 19.7. The van der Waals surface area contributed by atoms with Crippen LogP contribution < -0.4 is 15.4 Å². The van der Waals surface area contributed by atoms with Gasteiger partial charge in [0.2, 0.25) is 11.8 Å². The van der Waals surface area contributed by atoms with Crippen LogP contribution in [0.5, 0.6) is 11.5 Å². The van der Waals surface area contributed by atoms with Crippen LogP contribution in [0.1, 0.15) is 35.1 Å². The summed E-state index contributed by atoms with van der Waals surface area (Å²) in [4.78, 5) is 38.2. The first kappa shape index (κ1) is 27.1. The molecule has 6 rings (SSSR count). The summed E-state index contributed by atoms with van der Waals surface area (Å²) in [6.07, 6.45) is 0.0193. The molecule has 3 atom stereocenters. The van der Waals surface area contributed by atoms with Crippen LogP contribution in [-0.4, -0.2) is 16.7 Å². The molecule has 2 aliphatic heterocycles. The lowest BCUT2D eigenvalue weighted by atomic mass is 9.59. The number of anilines is 1. The van der Waals surface area contributed by atoms with Crippen molar-refractivity contribution in [3.8, 4) is 11.5 Å². The lowest BCUT2D eigenvalue weighted by molar-refractivity contribution is -0.384. The molecule has 2 amide bonds. The molecular weight excluding hydrogens is 589 g/mol. The molecule has 0 radical (unpaired) electrons. The van der Waals surface area contributed by atoms with E-state index in [-0.39, 0.29) is 23.9 Å². The van der Waals surface area contributed by atoms with Crippen molar-refractivity contribution in [2.24, 2.45) is 0 Å². The Kier molecular flexibility index (Phi) is 6.85. The molecule has 4 aromatic rings. The van der Waals surface area contributed by atoms with E-state index in [1.54, 1.807) is 54.6 Å². The predicted molar refractivity (Wildman–Crippen MR) is 156 cm³/mol. The Morgan fingerprint density at radius 3 is 2.32 bits per heavy atom. The van der Waals surface area contributed by atoms with Crippen molar-refractivity contribution >= 4 is 58.0 Å². The fourth-order valence-corrected chi connectivity index (χ4v) is 6.42. The molecule has 2 heterocycles. The van der Waals surface area contributed by atoms with Gasteiger partial charge in [-0.05, 0) is 65.7 Å². The number of hydrogen-bond acceptors (Lipinski definition) is 5. The maximum Gasteiger partial charge on any atom is 0.269 e. The number of halogens is 3. The molecule has 0 aliphatic carbocycles. The molecule has 4 aromatic carbocycles. The molecule has 8 nitrogen and oxygen atoms in total. The number of nitro groups is 1. The van der Waals surface area contributed by atoms with Gasteiger partial charge in [-0.1, -0.05) is 53.0 Å². The van der Waals surface area contributed by atoms with Crippen LogP contribution in [0.2, 0.25) is 15.1 Å². The fourth-order valence-electron chi connectivity index (χ4n) is 5.87. The highest BCUT2D eigenvalue weighted by atomic mass is 35.5. The van der Waals surface area contributed by atoms with E-state index in [1.165, 1.54) is 24.3 Å². The van der Waals surface area contributed by atoms with Crippen molar-refractivity contribution in [3.05, 3.63) is 127 Å². The van der Waals surface area contributed by atoms with E-state index in [0.717, 1.165) is 5.56 Å². The van der Waals surface area contributed by atoms with E-state index in [0.29, 0.717) is 43.4 Å². The van der Waals surface area contributed by atoms with Crippen LogP contribution in [0.25, 0.3) is 0 Å². The van der Waals surface area contributed by atoms with Crippen molar-refractivity contribution < 1.29 is 19.2 Å². The summed E-state index contributed by atoms with van der Waals surface area (Å²) >= 11 is 19.2. The summed E-state index contributed by atoms with van der Waals surface area (Å²) in [7, 11) is 0. The molecule has 2 N–H and O–H groups in total. The summed E-state index contributed by atoms with van der Waals surface area (Å²) < 4.78 is 6.19. The number of hydrogen-bond donors (Lipinski definition) is 2. The van der Waals surface area contributed by atoms with Gasteiger partial charge in [-0.25, -0.2) is 0 Å². The van der Waals surface area contributed by atoms with Crippen molar-refractivity contribution in [2.45, 2.75) is 23.8 Å². The topological polar surface area (TPSA) is 111 Å². The minimum absolute atomic E-state index is 0.0193. The number of nitrogens with one attached hydrogen (secondary N) is 2. The Hall–Kier alpha value is -4.11. The minimum Gasteiger partial charge on any atom is -0.457 e. The number of nitro benzene ring substituents is 1. The zero-order valence-electron chi connectivity index (χ0n) is 21.1. The zero-order valence-corrected chi connectivity index (χ0v) is 23.3. The molecule has 1 unspecified atom stereocenters. The number of fused-ring (bicyclic) bond motifs is 2. The molecule has 0 bridgehead atoms. The summed E-state index contributed by atoms with van der Waals surface area (Å²) in [5.74, 6) is -0.582. The van der Waals surface area contributed by atoms with Crippen LogP contribution in [0, 0.1) is 10.1 Å². The quantitative estimate of drug-likeness (QED) is 0.179. The van der Waals surface area contributed by atoms with Crippen LogP contribution in [0.3, 0.4) is 0 Å². The maximum absolute atomic E-state index is 14.3. The second kappa shape index (κ2) is 10.4. The number of carbonyl (C=O) groups excluding carboxylic acids is 2. The Labute approximate surface area is 249 Å². The third-order valence-corrected chi connectivity index (χ3v) is 8.27. The van der Waals surface area contributed by atoms with Gasteiger partial charge in [0, 0.05) is 50.8 Å². The summed E-state index contributed by atoms with van der Waals surface area (Å²) in [5, 5.41) is 18.4. The fraction of sp³-hybridized carbons (Fsp3) is 0.133. The van der Waals surface area contributed by atoms with Gasteiger partial charge in [-0.15, -0.1) is 0 Å². The first-order valence-corrected chi connectivity index (χ1v) is 13.7. The van der Waals surface area contributed by atoms with Gasteiger partial charge in [0.25, 0.3) is 5.69 Å². The molecule has 1 fully saturated rings. The number of carbonyl (C=O) groups is 2. The second-order valence-electron chi connectivity index (χ2n) is 9.86. The maximum atomic E-state index is 14.3. The first-order valence-electron chi connectivity index (χ1n) is 12.5. The molecule has 206 valence electrons. The number of nitrogens with zero attached hydrogens (tertiary/aromatic N) is 1. The van der Waals surface area contributed by atoms with Crippen LogP contribution in [-0.2, 0) is 15.0 Å². The van der Waals surface area contributed by atoms with Crippen LogP contribution >= 0.6 is 34.8 Å². The van der Waals surface area contributed by atoms with E-state index in [2.05, 4.69) is 10.6 Å². The number of ether oxygens (including phenoxy) is 1. The SMILES string of the molecule is O=C1C[C@@H](c2cccc(Cl)c2)C2(C(=O)Nc3cc(Cl)ccc32)[C@@H](c2cc(Cl)ccc2Oc2ccc([N+](=O)[O-])cc2)N1. The highest BCUT2D eigenvalue weighted by Crippen LogP contribution is 2.58. The largest absolute Gasteiger partial charge is 0.457 e. The van der Waals surface area contributed by atoms with Gasteiger partial charge in [0.05, 0.1) is 11.0 Å². The van der Waals surface area contributed by atoms with Gasteiger partial charge in [0.15, 0.2) is 0 Å². The van der Waals surface area contributed by atoms with E-state index < -0.39 is 22.3 Å². The number of non-ortho nitro benzene ring substituents is 1. The Bertz CT molecular complexity index is 1730. The predicted octanol–water partition coefficient (Wildman–Crippen LogP) is 7.58. The molecule has 41 heavy (non-hydrogen) atoms. The number of rotatable bonds is 5. The average Bonchev–Trinajstić information content (AvgIpc) is 3.22. The highest BCUT2D eigenvalue weighted by Gasteiger charge is 2.61.